The molecule has 3 heterocycles. The number of carbonyl (C=O) groups is 2. The van der Waals surface area contributed by atoms with E-state index in [1.807, 2.05) is 12.1 Å². The van der Waals surface area contributed by atoms with Crippen LogP contribution in [0.25, 0.3) is 0 Å². The number of aromatic nitrogens is 1. The number of carbonyl (C=O) groups excluding carboxylic acids is 2. The van der Waals surface area contributed by atoms with Crippen LogP contribution in [0.15, 0.2) is 24.5 Å². The third-order valence-corrected chi connectivity index (χ3v) is 5.55. The van der Waals surface area contributed by atoms with Gasteiger partial charge in [0.2, 0.25) is 11.8 Å². The summed E-state index contributed by atoms with van der Waals surface area (Å²) in [6.45, 7) is 6.04. The minimum absolute atomic E-state index is 0.0130. The predicted molar refractivity (Wildman–Crippen MR) is 95.7 cm³/mol. The summed E-state index contributed by atoms with van der Waals surface area (Å²) >= 11 is 0. The molecule has 0 aliphatic carbocycles. The van der Waals surface area contributed by atoms with Gasteiger partial charge < -0.3 is 15.1 Å². The van der Waals surface area contributed by atoms with Crippen molar-refractivity contribution in [3.05, 3.63) is 30.1 Å². The number of nitrogens with zero attached hydrogens (tertiary/aromatic N) is 3. The number of likely N-dealkylation sites (tertiary alicyclic amines) is 2. The van der Waals surface area contributed by atoms with E-state index in [1.54, 1.807) is 24.3 Å². The zero-order chi connectivity index (χ0) is 17.8. The van der Waals surface area contributed by atoms with Gasteiger partial charge in [-0.05, 0) is 43.5 Å². The van der Waals surface area contributed by atoms with Crippen molar-refractivity contribution in [2.45, 2.75) is 32.2 Å². The Kier molecular flexibility index (Phi) is 5.68. The quantitative estimate of drug-likeness (QED) is 0.878. The third kappa shape index (κ3) is 4.18. The second-order valence-corrected chi connectivity index (χ2v) is 7.36. The van der Waals surface area contributed by atoms with Gasteiger partial charge >= 0.3 is 0 Å². The Balaban J connectivity index is 1.56. The molecule has 2 atom stereocenters. The zero-order valence-electron chi connectivity index (χ0n) is 15.1. The predicted octanol–water partition coefficient (Wildman–Crippen LogP) is 1.45. The number of rotatable bonds is 5. The summed E-state index contributed by atoms with van der Waals surface area (Å²) in [6, 6.07) is 3.55. The monoisotopic (exact) mass is 344 g/mol. The minimum atomic E-state index is -0.344. The van der Waals surface area contributed by atoms with Gasteiger partial charge in [0.15, 0.2) is 0 Å². The summed E-state index contributed by atoms with van der Waals surface area (Å²) in [6.07, 6.45) is 6.19. The third-order valence-electron chi connectivity index (χ3n) is 5.55. The number of amides is 2. The zero-order valence-corrected chi connectivity index (χ0v) is 15.1. The van der Waals surface area contributed by atoms with Crippen LogP contribution >= 0.6 is 0 Å². The van der Waals surface area contributed by atoms with E-state index < -0.39 is 0 Å². The van der Waals surface area contributed by atoms with Crippen molar-refractivity contribution in [3.8, 4) is 0 Å². The fourth-order valence-electron chi connectivity index (χ4n) is 3.87. The first-order valence-corrected chi connectivity index (χ1v) is 9.22. The fourth-order valence-corrected chi connectivity index (χ4v) is 3.87. The molecule has 2 fully saturated rings. The molecule has 3 rings (SSSR count). The summed E-state index contributed by atoms with van der Waals surface area (Å²) in [5.41, 5.74) is 0.918. The fraction of sp³-hybridized carbons (Fsp3) is 0.632. The molecule has 1 N–H and O–H groups in total. The first kappa shape index (κ1) is 17.9. The number of pyridine rings is 1. The standard InChI is InChI=1S/C19H28N4O2/c1-14-5-9-23(10-6-14)11-8-21-19(25)16-12-17(24)22(2)18(16)15-4-3-7-20-13-15/h3-4,7,13-14,16,18H,5-6,8-12H2,1-2H3,(H,21,25)/t16-,18-/m0/s1. The number of hydrogen-bond acceptors (Lipinski definition) is 4. The molecule has 6 heteroatoms. The van der Waals surface area contributed by atoms with Crippen molar-refractivity contribution in [1.29, 1.82) is 0 Å². The maximum atomic E-state index is 12.7. The van der Waals surface area contributed by atoms with Crippen molar-refractivity contribution in [1.82, 2.24) is 20.1 Å². The number of hydrogen-bond donors (Lipinski definition) is 1. The second-order valence-electron chi connectivity index (χ2n) is 7.36. The van der Waals surface area contributed by atoms with Gasteiger partial charge in [0.05, 0.1) is 12.0 Å². The van der Waals surface area contributed by atoms with Crippen molar-refractivity contribution in [2.75, 3.05) is 33.2 Å². The summed E-state index contributed by atoms with van der Waals surface area (Å²) in [5.74, 6) is 0.449. The molecule has 1 aromatic rings. The molecule has 2 amide bonds. The van der Waals surface area contributed by atoms with Gasteiger partial charge in [-0.2, -0.15) is 0 Å². The van der Waals surface area contributed by atoms with E-state index in [4.69, 9.17) is 0 Å². The van der Waals surface area contributed by atoms with Crippen LogP contribution in [-0.4, -0.2) is 59.8 Å². The van der Waals surface area contributed by atoms with Gasteiger partial charge in [-0.3, -0.25) is 14.6 Å². The lowest BCUT2D eigenvalue weighted by molar-refractivity contribution is -0.128. The highest BCUT2D eigenvalue weighted by Crippen LogP contribution is 2.36. The van der Waals surface area contributed by atoms with Crippen LogP contribution in [0.5, 0.6) is 0 Å². The molecule has 25 heavy (non-hydrogen) atoms. The molecule has 1 aromatic heterocycles. The Morgan fingerprint density at radius 3 is 2.80 bits per heavy atom. The lowest BCUT2D eigenvalue weighted by Crippen LogP contribution is -2.41. The van der Waals surface area contributed by atoms with E-state index >= 15 is 0 Å². The van der Waals surface area contributed by atoms with Gasteiger partial charge in [0, 0.05) is 39.0 Å². The normalized spacial score (nSPS) is 25.4. The topological polar surface area (TPSA) is 65.5 Å². The van der Waals surface area contributed by atoms with Gasteiger partial charge in [-0.15, -0.1) is 0 Å². The van der Waals surface area contributed by atoms with E-state index in [-0.39, 0.29) is 30.2 Å². The Hall–Kier alpha value is -1.95. The van der Waals surface area contributed by atoms with Gasteiger partial charge in [-0.1, -0.05) is 13.0 Å². The van der Waals surface area contributed by atoms with Crippen LogP contribution in [0, 0.1) is 11.8 Å². The van der Waals surface area contributed by atoms with Crippen molar-refractivity contribution in [2.24, 2.45) is 11.8 Å². The van der Waals surface area contributed by atoms with E-state index in [1.165, 1.54) is 12.8 Å². The highest BCUT2D eigenvalue weighted by atomic mass is 16.2. The summed E-state index contributed by atoms with van der Waals surface area (Å²) in [5, 5.41) is 3.04. The first-order chi connectivity index (χ1) is 12.1. The summed E-state index contributed by atoms with van der Waals surface area (Å²) in [4.78, 5) is 33.0. The maximum Gasteiger partial charge on any atom is 0.226 e. The first-order valence-electron chi connectivity index (χ1n) is 9.22. The molecule has 0 bridgehead atoms. The van der Waals surface area contributed by atoms with Crippen LogP contribution in [-0.2, 0) is 9.59 Å². The van der Waals surface area contributed by atoms with Crippen LogP contribution in [0.4, 0.5) is 0 Å². The largest absolute Gasteiger partial charge is 0.354 e. The average Bonchev–Trinajstić information content (AvgIpc) is 2.92. The molecule has 0 aromatic carbocycles. The van der Waals surface area contributed by atoms with Crippen LogP contribution < -0.4 is 5.32 Å². The van der Waals surface area contributed by atoms with Crippen LogP contribution in [0.2, 0.25) is 0 Å². The molecule has 136 valence electrons. The molecular formula is C19H28N4O2. The molecule has 2 aliphatic rings. The summed E-state index contributed by atoms with van der Waals surface area (Å²) < 4.78 is 0. The second kappa shape index (κ2) is 7.95. The SMILES string of the molecule is CC1CCN(CCNC(=O)[C@H]2CC(=O)N(C)[C@H]2c2cccnc2)CC1. The highest BCUT2D eigenvalue weighted by Gasteiger charge is 2.42. The lowest BCUT2D eigenvalue weighted by Gasteiger charge is -2.30. The van der Waals surface area contributed by atoms with Crippen LogP contribution in [0.1, 0.15) is 37.8 Å². The lowest BCUT2D eigenvalue weighted by atomic mass is 9.94. The van der Waals surface area contributed by atoms with E-state index in [0.29, 0.717) is 6.54 Å². The van der Waals surface area contributed by atoms with Gasteiger partial charge in [0.1, 0.15) is 0 Å². The maximum absolute atomic E-state index is 12.7. The molecule has 0 unspecified atom stereocenters. The smallest absolute Gasteiger partial charge is 0.226 e. The molecule has 6 nitrogen and oxygen atoms in total. The van der Waals surface area contributed by atoms with Gasteiger partial charge in [-0.25, -0.2) is 0 Å². The Morgan fingerprint density at radius 2 is 2.12 bits per heavy atom. The van der Waals surface area contributed by atoms with Crippen molar-refractivity contribution < 1.29 is 9.59 Å². The van der Waals surface area contributed by atoms with Crippen LogP contribution in [0.3, 0.4) is 0 Å². The van der Waals surface area contributed by atoms with Gasteiger partial charge in [0.25, 0.3) is 0 Å². The van der Waals surface area contributed by atoms with Crippen molar-refractivity contribution >= 4 is 11.8 Å². The van der Waals surface area contributed by atoms with E-state index in [2.05, 4.69) is 22.1 Å². The number of nitrogens with one attached hydrogen (secondary N) is 1. The Bertz CT molecular complexity index is 599. The Labute approximate surface area is 149 Å². The van der Waals surface area contributed by atoms with Crippen molar-refractivity contribution in [3.63, 3.8) is 0 Å². The molecule has 0 spiro atoms. The molecule has 0 saturated carbocycles. The highest BCUT2D eigenvalue weighted by molar-refractivity contribution is 5.90. The Morgan fingerprint density at radius 1 is 1.36 bits per heavy atom. The van der Waals surface area contributed by atoms with E-state index in [9.17, 15) is 9.59 Å². The number of piperidine rings is 1. The molecular weight excluding hydrogens is 316 g/mol. The molecule has 2 saturated heterocycles. The molecule has 0 radical (unpaired) electrons. The molecule has 2 aliphatic heterocycles. The summed E-state index contributed by atoms with van der Waals surface area (Å²) in [7, 11) is 1.77. The minimum Gasteiger partial charge on any atom is -0.354 e. The average molecular weight is 344 g/mol. The van der Waals surface area contributed by atoms with E-state index in [0.717, 1.165) is 31.1 Å².